The molecular formula is C13H13F3N2O. The van der Waals surface area contributed by atoms with E-state index in [-0.39, 0.29) is 5.69 Å². The Bertz CT molecular complexity index is 491. The first-order chi connectivity index (χ1) is 8.88. The van der Waals surface area contributed by atoms with Gasteiger partial charge in [0.05, 0.1) is 11.6 Å². The van der Waals surface area contributed by atoms with Gasteiger partial charge in [0.15, 0.2) is 0 Å². The maximum absolute atomic E-state index is 12.5. The number of rotatable bonds is 4. The Morgan fingerprint density at radius 1 is 1.47 bits per heavy atom. The van der Waals surface area contributed by atoms with Crippen molar-refractivity contribution in [1.82, 2.24) is 0 Å². The molecular weight excluding hydrogens is 257 g/mol. The Morgan fingerprint density at radius 3 is 2.68 bits per heavy atom. The fourth-order valence-corrected chi connectivity index (χ4v) is 1.55. The maximum atomic E-state index is 12.5. The van der Waals surface area contributed by atoms with Crippen molar-refractivity contribution in [3.63, 3.8) is 0 Å². The molecule has 0 aromatic heterocycles. The standard InChI is InChI=1S/C13H13F3N2O/c1-2-4-9(8-17)12(19)18-11-6-3-5-10(7-11)13(14,15)16/h3,5-7,9H,2,4H2,1H3,(H,18,19). The molecule has 0 aliphatic heterocycles. The minimum absolute atomic E-state index is 0.0381. The number of benzene rings is 1. The lowest BCUT2D eigenvalue weighted by Crippen LogP contribution is -2.21. The number of carbonyl (C=O) groups excluding carboxylic acids is 1. The van der Waals surface area contributed by atoms with Gasteiger partial charge >= 0.3 is 6.18 Å². The van der Waals surface area contributed by atoms with Crippen LogP contribution in [0.25, 0.3) is 0 Å². The molecule has 1 rings (SSSR count). The number of carbonyl (C=O) groups is 1. The Labute approximate surface area is 109 Å². The molecule has 3 nitrogen and oxygen atoms in total. The zero-order valence-corrected chi connectivity index (χ0v) is 10.3. The number of amides is 1. The van der Waals surface area contributed by atoms with E-state index in [4.69, 9.17) is 5.26 Å². The van der Waals surface area contributed by atoms with Crippen molar-refractivity contribution in [1.29, 1.82) is 5.26 Å². The molecule has 6 heteroatoms. The van der Waals surface area contributed by atoms with Crippen molar-refractivity contribution in [2.45, 2.75) is 25.9 Å². The third kappa shape index (κ3) is 4.28. The minimum atomic E-state index is -4.46. The van der Waals surface area contributed by atoms with Gasteiger partial charge in [-0.3, -0.25) is 4.79 Å². The van der Waals surface area contributed by atoms with Gasteiger partial charge in [-0.1, -0.05) is 19.4 Å². The number of nitrogens with one attached hydrogen (secondary N) is 1. The smallest absolute Gasteiger partial charge is 0.325 e. The first-order valence-corrected chi connectivity index (χ1v) is 5.76. The van der Waals surface area contributed by atoms with Gasteiger partial charge in [0, 0.05) is 5.69 Å². The predicted molar refractivity (Wildman–Crippen MR) is 64.1 cm³/mol. The molecule has 1 amide bonds. The Hall–Kier alpha value is -2.03. The number of nitrogens with zero attached hydrogens (tertiary/aromatic N) is 1. The molecule has 1 unspecified atom stereocenters. The van der Waals surface area contributed by atoms with Crippen LogP contribution in [0.2, 0.25) is 0 Å². The van der Waals surface area contributed by atoms with Crippen LogP contribution in [0, 0.1) is 17.2 Å². The van der Waals surface area contributed by atoms with E-state index >= 15 is 0 Å². The average molecular weight is 270 g/mol. The molecule has 1 N–H and O–H groups in total. The molecule has 0 aliphatic carbocycles. The van der Waals surface area contributed by atoms with E-state index in [0.29, 0.717) is 12.8 Å². The third-order valence-corrected chi connectivity index (χ3v) is 2.51. The molecule has 1 atom stereocenters. The second-order valence-electron chi connectivity index (χ2n) is 4.04. The van der Waals surface area contributed by atoms with Crippen molar-refractivity contribution < 1.29 is 18.0 Å². The molecule has 1 aromatic rings. The van der Waals surface area contributed by atoms with Crippen molar-refractivity contribution >= 4 is 11.6 Å². The summed E-state index contributed by atoms with van der Waals surface area (Å²) in [6.45, 7) is 1.82. The van der Waals surface area contributed by atoms with Crippen LogP contribution in [-0.4, -0.2) is 5.91 Å². The van der Waals surface area contributed by atoms with Crippen LogP contribution in [0.1, 0.15) is 25.3 Å². The number of hydrogen-bond donors (Lipinski definition) is 1. The molecule has 1 aromatic carbocycles. The van der Waals surface area contributed by atoms with Gasteiger partial charge in [0.2, 0.25) is 5.91 Å². The van der Waals surface area contributed by atoms with Crippen molar-refractivity contribution in [3.05, 3.63) is 29.8 Å². The molecule has 102 valence electrons. The second kappa shape index (κ2) is 6.23. The third-order valence-electron chi connectivity index (χ3n) is 2.51. The van der Waals surface area contributed by atoms with E-state index in [9.17, 15) is 18.0 Å². The van der Waals surface area contributed by atoms with Gasteiger partial charge in [0.25, 0.3) is 0 Å². The summed E-state index contributed by atoms with van der Waals surface area (Å²) in [6, 6.07) is 6.16. The lowest BCUT2D eigenvalue weighted by Gasteiger charge is -2.11. The van der Waals surface area contributed by atoms with Gasteiger partial charge in [-0.25, -0.2) is 0 Å². The van der Waals surface area contributed by atoms with Gasteiger partial charge in [0.1, 0.15) is 5.92 Å². The summed E-state index contributed by atoms with van der Waals surface area (Å²) in [5.41, 5.74) is -0.800. The van der Waals surface area contributed by atoms with Crippen molar-refractivity contribution in [2.24, 2.45) is 5.92 Å². The summed E-state index contributed by atoms with van der Waals surface area (Å²) >= 11 is 0. The van der Waals surface area contributed by atoms with Gasteiger partial charge < -0.3 is 5.32 Å². The zero-order valence-electron chi connectivity index (χ0n) is 10.3. The SMILES string of the molecule is CCCC(C#N)C(=O)Nc1cccc(C(F)(F)F)c1. The zero-order chi connectivity index (χ0) is 14.5. The first-order valence-electron chi connectivity index (χ1n) is 5.76. The van der Waals surface area contributed by atoms with Crippen LogP contribution in [0.5, 0.6) is 0 Å². The Morgan fingerprint density at radius 2 is 2.16 bits per heavy atom. The van der Waals surface area contributed by atoms with E-state index in [0.717, 1.165) is 12.1 Å². The summed E-state index contributed by atoms with van der Waals surface area (Å²) in [5.74, 6) is -1.43. The van der Waals surface area contributed by atoms with Crippen LogP contribution in [-0.2, 0) is 11.0 Å². The quantitative estimate of drug-likeness (QED) is 0.909. The topological polar surface area (TPSA) is 52.9 Å². The van der Waals surface area contributed by atoms with E-state index in [1.165, 1.54) is 12.1 Å². The van der Waals surface area contributed by atoms with E-state index in [1.807, 2.05) is 13.0 Å². The molecule has 0 aliphatic rings. The Kier molecular flexibility index (Phi) is 4.93. The van der Waals surface area contributed by atoms with Gasteiger partial charge in [-0.15, -0.1) is 0 Å². The highest BCUT2D eigenvalue weighted by Crippen LogP contribution is 2.30. The normalized spacial score (nSPS) is 12.6. The predicted octanol–water partition coefficient (Wildman–Crippen LogP) is 3.58. The van der Waals surface area contributed by atoms with E-state index in [2.05, 4.69) is 5.32 Å². The number of alkyl halides is 3. The summed E-state index contributed by atoms with van der Waals surface area (Å²) in [6.07, 6.45) is -3.44. The number of nitriles is 1. The highest BCUT2D eigenvalue weighted by molar-refractivity contribution is 5.94. The van der Waals surface area contributed by atoms with E-state index in [1.54, 1.807) is 0 Å². The molecule has 0 bridgehead atoms. The molecule has 0 fully saturated rings. The second-order valence-corrected chi connectivity index (χ2v) is 4.04. The highest BCUT2D eigenvalue weighted by Gasteiger charge is 2.30. The minimum Gasteiger partial charge on any atom is -0.325 e. The highest BCUT2D eigenvalue weighted by atomic mass is 19.4. The average Bonchev–Trinajstić information content (AvgIpc) is 2.35. The molecule has 0 spiro atoms. The summed E-state index contributed by atoms with van der Waals surface area (Å²) < 4.78 is 37.5. The van der Waals surface area contributed by atoms with Crippen molar-refractivity contribution in [2.75, 3.05) is 5.32 Å². The van der Waals surface area contributed by atoms with Crippen LogP contribution in [0.15, 0.2) is 24.3 Å². The van der Waals surface area contributed by atoms with Crippen LogP contribution >= 0.6 is 0 Å². The fourth-order valence-electron chi connectivity index (χ4n) is 1.55. The van der Waals surface area contributed by atoms with Crippen LogP contribution in [0.3, 0.4) is 0 Å². The Balaban J connectivity index is 2.83. The van der Waals surface area contributed by atoms with Gasteiger partial charge in [-0.05, 0) is 24.6 Å². The van der Waals surface area contributed by atoms with E-state index < -0.39 is 23.6 Å². The molecule has 0 saturated heterocycles. The number of halogens is 3. The largest absolute Gasteiger partial charge is 0.416 e. The van der Waals surface area contributed by atoms with Crippen LogP contribution < -0.4 is 5.32 Å². The lowest BCUT2D eigenvalue weighted by molar-refractivity contribution is -0.137. The molecule has 0 heterocycles. The molecule has 0 radical (unpaired) electrons. The molecule has 0 saturated carbocycles. The number of anilines is 1. The molecule has 19 heavy (non-hydrogen) atoms. The fraction of sp³-hybridized carbons (Fsp3) is 0.385. The summed E-state index contributed by atoms with van der Waals surface area (Å²) in [4.78, 5) is 11.7. The maximum Gasteiger partial charge on any atom is 0.416 e. The van der Waals surface area contributed by atoms with Gasteiger partial charge in [-0.2, -0.15) is 18.4 Å². The lowest BCUT2D eigenvalue weighted by atomic mass is 10.0. The first kappa shape index (κ1) is 15.0. The van der Waals surface area contributed by atoms with Crippen molar-refractivity contribution in [3.8, 4) is 6.07 Å². The van der Waals surface area contributed by atoms with Crippen LogP contribution in [0.4, 0.5) is 18.9 Å². The monoisotopic (exact) mass is 270 g/mol. The summed E-state index contributed by atoms with van der Waals surface area (Å²) in [7, 11) is 0. The number of hydrogen-bond acceptors (Lipinski definition) is 2. The summed E-state index contributed by atoms with van der Waals surface area (Å²) in [5, 5.41) is 11.1.